The monoisotopic (exact) mass is 630 g/mol. The molecule has 240 valence electrons. The number of halogens is 6. The molecule has 2 saturated carbocycles. The van der Waals surface area contributed by atoms with Crippen molar-refractivity contribution in [3.8, 4) is 0 Å². The average Bonchev–Trinajstić information content (AvgIpc) is 3.07. The van der Waals surface area contributed by atoms with Gasteiger partial charge in [-0.05, 0) is 121 Å². The molecular weight excluding hydrogens is 578 g/mol. The highest BCUT2D eigenvalue weighted by Crippen LogP contribution is 2.62. The minimum atomic E-state index is -5.67. The Morgan fingerprint density at radius 3 is 1.90 bits per heavy atom. The van der Waals surface area contributed by atoms with Crippen LogP contribution in [0.15, 0.2) is 12.2 Å². The molecule has 41 heavy (non-hydrogen) atoms. The minimum Gasteiger partial charge on any atom is -0.413 e. The van der Waals surface area contributed by atoms with E-state index in [1.807, 2.05) is 20.8 Å². The summed E-state index contributed by atoms with van der Waals surface area (Å²) in [6, 6.07) is 0. The first-order chi connectivity index (χ1) is 18.2. The number of fused-ring (bicyclic) bond motifs is 1. The zero-order valence-electron chi connectivity index (χ0n) is 26.7. The average molecular weight is 631 g/mol. The van der Waals surface area contributed by atoms with Gasteiger partial charge in [0.25, 0.3) is 5.60 Å². The standard InChI is InChI=1S/C30H52F6O3Si2/c1-25(2,38-40(5,6)7)17-12-18-26(3,24-16-15-22-23(37)14-11-20-27(22,24)4)19-13-21-28(29(31,32)33,30(34,35)36)39-41(8,9)10/h13,21-22,24H,11-12,14-20H2,1-10H3/t22-,24+,26-,27-/m0/s1. The Bertz CT molecular complexity index is 934. The Morgan fingerprint density at radius 1 is 0.878 bits per heavy atom. The number of ketones is 1. The van der Waals surface area contributed by atoms with E-state index in [1.165, 1.54) is 19.6 Å². The number of hydrogen-bond acceptors (Lipinski definition) is 3. The second kappa shape index (κ2) is 12.0. The molecule has 0 spiro atoms. The van der Waals surface area contributed by atoms with E-state index in [2.05, 4.69) is 26.6 Å². The van der Waals surface area contributed by atoms with Crippen LogP contribution in [-0.4, -0.2) is 46.0 Å². The first-order valence-electron chi connectivity index (χ1n) is 14.9. The van der Waals surface area contributed by atoms with E-state index in [9.17, 15) is 31.1 Å². The molecule has 0 aliphatic heterocycles. The molecule has 0 heterocycles. The first-order valence-corrected chi connectivity index (χ1v) is 21.7. The maximum atomic E-state index is 14.2. The molecule has 2 aliphatic carbocycles. The van der Waals surface area contributed by atoms with Gasteiger partial charge < -0.3 is 8.85 Å². The Kier molecular flexibility index (Phi) is 10.7. The normalized spacial score (nSPS) is 26.9. The third-order valence-electron chi connectivity index (χ3n) is 9.06. The van der Waals surface area contributed by atoms with E-state index in [0.717, 1.165) is 38.2 Å². The van der Waals surface area contributed by atoms with Gasteiger partial charge in [-0.2, -0.15) is 26.3 Å². The fraction of sp³-hybridized carbons (Fsp3) is 0.900. The highest BCUT2D eigenvalue weighted by Gasteiger charge is 2.71. The fourth-order valence-electron chi connectivity index (χ4n) is 7.77. The third-order valence-corrected chi connectivity index (χ3v) is 11.2. The number of carbonyl (C=O) groups is 1. The molecule has 0 unspecified atom stereocenters. The van der Waals surface area contributed by atoms with Gasteiger partial charge in [-0.3, -0.25) is 4.79 Å². The lowest BCUT2D eigenvalue weighted by Gasteiger charge is -2.48. The summed E-state index contributed by atoms with van der Waals surface area (Å²) < 4.78 is 96.4. The quantitative estimate of drug-likeness (QED) is 0.122. The Balaban J connectivity index is 2.48. The molecular formula is C30H52F6O3Si2. The van der Waals surface area contributed by atoms with Crippen LogP contribution in [0.4, 0.5) is 26.3 Å². The van der Waals surface area contributed by atoms with Crippen molar-refractivity contribution >= 4 is 22.4 Å². The highest BCUT2D eigenvalue weighted by atomic mass is 28.4. The molecule has 3 nitrogen and oxygen atoms in total. The number of rotatable bonds is 12. The number of Topliss-reactive ketones (excluding diaryl/α,β-unsaturated/α-hetero) is 1. The molecule has 0 saturated heterocycles. The summed E-state index contributed by atoms with van der Waals surface area (Å²) in [5.41, 5.74) is -5.67. The SMILES string of the molecule is CC(C)(CCC[C@@](C)(CC=CC(O[Si](C)(C)C)(C(F)(F)F)C(F)(F)F)[C@H]1CC[C@H]2C(=O)CCC[C@]12C)O[Si](C)(C)C. The van der Waals surface area contributed by atoms with Gasteiger partial charge in [0.2, 0.25) is 0 Å². The Hall–Kier alpha value is -0.656. The van der Waals surface area contributed by atoms with Gasteiger partial charge in [0.1, 0.15) is 5.78 Å². The van der Waals surface area contributed by atoms with Crippen LogP contribution in [0, 0.1) is 22.7 Å². The Morgan fingerprint density at radius 2 is 1.41 bits per heavy atom. The van der Waals surface area contributed by atoms with Gasteiger partial charge >= 0.3 is 12.4 Å². The van der Waals surface area contributed by atoms with Crippen molar-refractivity contribution in [2.75, 3.05) is 0 Å². The summed E-state index contributed by atoms with van der Waals surface area (Å²) in [5.74, 6) is 0.135. The van der Waals surface area contributed by atoms with E-state index < -0.39 is 45.6 Å². The summed E-state index contributed by atoms with van der Waals surface area (Å²) in [4.78, 5) is 12.8. The van der Waals surface area contributed by atoms with E-state index in [1.54, 1.807) is 0 Å². The van der Waals surface area contributed by atoms with E-state index in [4.69, 9.17) is 8.85 Å². The van der Waals surface area contributed by atoms with Crippen molar-refractivity contribution < 1.29 is 40.0 Å². The van der Waals surface area contributed by atoms with Crippen molar-refractivity contribution in [3.05, 3.63) is 12.2 Å². The molecule has 0 amide bonds. The summed E-state index contributed by atoms with van der Waals surface area (Å²) >= 11 is 0. The van der Waals surface area contributed by atoms with Crippen LogP contribution < -0.4 is 0 Å². The van der Waals surface area contributed by atoms with Crippen molar-refractivity contribution in [1.82, 2.24) is 0 Å². The highest BCUT2D eigenvalue weighted by molar-refractivity contribution is 6.70. The zero-order valence-corrected chi connectivity index (χ0v) is 28.7. The van der Waals surface area contributed by atoms with Crippen LogP contribution in [0.2, 0.25) is 39.3 Å². The summed E-state index contributed by atoms with van der Waals surface area (Å²) in [5, 5.41) is 0. The topological polar surface area (TPSA) is 35.5 Å². The Labute approximate surface area is 245 Å². The van der Waals surface area contributed by atoms with Crippen LogP contribution in [0.5, 0.6) is 0 Å². The van der Waals surface area contributed by atoms with Gasteiger partial charge in [-0.1, -0.05) is 26.3 Å². The smallest absolute Gasteiger partial charge is 0.413 e. The summed E-state index contributed by atoms with van der Waals surface area (Å²) in [6.07, 6.45) is -4.38. The first kappa shape index (κ1) is 36.5. The van der Waals surface area contributed by atoms with Gasteiger partial charge in [0.15, 0.2) is 16.6 Å². The molecule has 0 bridgehead atoms. The lowest BCUT2D eigenvalue weighted by atomic mass is 9.56. The van der Waals surface area contributed by atoms with Gasteiger partial charge in [0.05, 0.1) is 5.60 Å². The second-order valence-electron chi connectivity index (χ2n) is 15.5. The number of alkyl halides is 6. The van der Waals surface area contributed by atoms with E-state index in [0.29, 0.717) is 19.3 Å². The molecule has 0 radical (unpaired) electrons. The predicted octanol–water partition coefficient (Wildman–Crippen LogP) is 10.2. The fourth-order valence-corrected chi connectivity index (χ4v) is 10.8. The minimum absolute atomic E-state index is 0.000922. The van der Waals surface area contributed by atoms with Crippen LogP contribution in [-0.2, 0) is 13.6 Å². The molecule has 0 aromatic heterocycles. The molecule has 2 rings (SSSR count). The van der Waals surface area contributed by atoms with Gasteiger partial charge in [-0.15, -0.1) is 0 Å². The van der Waals surface area contributed by atoms with Crippen molar-refractivity contribution in [1.29, 1.82) is 0 Å². The van der Waals surface area contributed by atoms with Crippen molar-refractivity contribution in [3.63, 3.8) is 0 Å². The van der Waals surface area contributed by atoms with Crippen molar-refractivity contribution in [2.24, 2.45) is 22.7 Å². The molecule has 2 aliphatic rings. The molecule has 0 aromatic rings. The number of hydrogen-bond donors (Lipinski definition) is 0. The third kappa shape index (κ3) is 8.72. The zero-order chi connectivity index (χ0) is 31.9. The second-order valence-corrected chi connectivity index (χ2v) is 24.4. The van der Waals surface area contributed by atoms with E-state index >= 15 is 0 Å². The molecule has 11 heteroatoms. The van der Waals surface area contributed by atoms with Crippen LogP contribution in [0.25, 0.3) is 0 Å². The van der Waals surface area contributed by atoms with E-state index in [-0.39, 0.29) is 35.5 Å². The molecule has 4 atom stereocenters. The van der Waals surface area contributed by atoms with Crippen LogP contribution >= 0.6 is 0 Å². The van der Waals surface area contributed by atoms with Gasteiger partial charge in [0, 0.05) is 12.3 Å². The van der Waals surface area contributed by atoms with Crippen LogP contribution in [0.1, 0.15) is 85.5 Å². The maximum Gasteiger partial charge on any atom is 0.429 e. The summed E-state index contributed by atoms with van der Waals surface area (Å²) in [6.45, 7) is 18.5. The molecule has 0 aromatic carbocycles. The molecule has 0 N–H and O–H groups in total. The maximum absolute atomic E-state index is 14.2. The van der Waals surface area contributed by atoms with Crippen LogP contribution in [0.3, 0.4) is 0 Å². The predicted molar refractivity (Wildman–Crippen MR) is 157 cm³/mol. The summed E-state index contributed by atoms with van der Waals surface area (Å²) in [7, 11) is -5.10. The largest absolute Gasteiger partial charge is 0.429 e. The van der Waals surface area contributed by atoms with Crippen molar-refractivity contribution in [2.45, 2.75) is 148 Å². The lowest BCUT2D eigenvalue weighted by Crippen LogP contribution is -2.61. The van der Waals surface area contributed by atoms with Gasteiger partial charge in [-0.25, -0.2) is 0 Å². The molecule has 2 fully saturated rings. The number of carbonyl (C=O) groups excluding carboxylic acids is 1. The number of allylic oxidation sites excluding steroid dienone is 1. The lowest BCUT2D eigenvalue weighted by molar-refractivity contribution is -0.340.